The van der Waals surface area contributed by atoms with E-state index in [-0.39, 0.29) is 42.7 Å². The molecule has 7 nitrogen and oxygen atoms in total. The second-order valence-corrected chi connectivity index (χ2v) is 10.7. The molecular weight excluding hydrogens is 536 g/mol. The summed E-state index contributed by atoms with van der Waals surface area (Å²) in [4.78, 5) is 39.3. The third-order valence-corrected chi connectivity index (χ3v) is 7.15. The smallest absolute Gasteiger partial charge is 0.293 e. The molecule has 0 aliphatic carbocycles. The van der Waals surface area contributed by atoms with Gasteiger partial charge < -0.3 is 14.8 Å². The summed E-state index contributed by atoms with van der Waals surface area (Å²) in [6.45, 7) is 6.31. The van der Waals surface area contributed by atoms with E-state index in [1.807, 2.05) is 25.1 Å². The van der Waals surface area contributed by atoms with Crippen LogP contribution in [0.15, 0.2) is 71.6 Å². The molecule has 1 fully saturated rings. The third-order valence-electron chi connectivity index (χ3n) is 5.91. The van der Waals surface area contributed by atoms with Crippen molar-refractivity contribution in [2.45, 2.75) is 26.7 Å². The molecule has 202 valence electrons. The molecule has 3 aromatic carbocycles. The normalized spacial score (nSPS) is 14.3. The Morgan fingerprint density at radius 1 is 1.05 bits per heavy atom. The van der Waals surface area contributed by atoms with Crippen LogP contribution in [0.5, 0.6) is 11.5 Å². The fourth-order valence-corrected chi connectivity index (χ4v) is 4.97. The number of carbonyl (C=O) groups is 3. The molecule has 9 heteroatoms. The number of amides is 3. The molecule has 39 heavy (non-hydrogen) atoms. The summed E-state index contributed by atoms with van der Waals surface area (Å²) in [5.41, 5.74) is 3.33. The zero-order valence-electron chi connectivity index (χ0n) is 21.9. The second kappa shape index (κ2) is 12.9. The van der Waals surface area contributed by atoms with Crippen molar-refractivity contribution in [2.24, 2.45) is 0 Å². The average Bonchev–Trinajstić information content (AvgIpc) is 3.16. The molecule has 1 saturated heterocycles. The van der Waals surface area contributed by atoms with Crippen molar-refractivity contribution in [3.8, 4) is 11.5 Å². The van der Waals surface area contributed by atoms with E-state index in [2.05, 4.69) is 19.2 Å². The van der Waals surface area contributed by atoms with Crippen LogP contribution in [-0.4, -0.2) is 41.7 Å². The molecule has 3 aromatic rings. The van der Waals surface area contributed by atoms with Gasteiger partial charge in [0.1, 0.15) is 18.1 Å². The number of nitrogens with zero attached hydrogens (tertiary/aromatic N) is 1. The molecule has 0 spiro atoms. The lowest BCUT2D eigenvalue weighted by molar-refractivity contribution is -0.123. The van der Waals surface area contributed by atoms with Crippen LogP contribution in [0.2, 0.25) is 5.02 Å². The molecule has 1 aliphatic rings. The summed E-state index contributed by atoms with van der Waals surface area (Å²) in [5.74, 6) is 0.780. The first kappa shape index (κ1) is 28.3. The monoisotopic (exact) mass is 564 g/mol. The Bertz CT molecular complexity index is 1420. The maximum absolute atomic E-state index is 13.0. The van der Waals surface area contributed by atoms with Gasteiger partial charge >= 0.3 is 0 Å². The number of carbonyl (C=O) groups excluding carboxylic acids is 3. The van der Waals surface area contributed by atoms with E-state index < -0.39 is 0 Å². The Kier molecular flexibility index (Phi) is 9.32. The Labute approximate surface area is 237 Å². The van der Waals surface area contributed by atoms with E-state index in [1.165, 1.54) is 4.90 Å². The van der Waals surface area contributed by atoms with E-state index >= 15 is 0 Å². The molecule has 0 saturated carbocycles. The molecule has 0 atom stereocenters. The van der Waals surface area contributed by atoms with E-state index in [9.17, 15) is 14.4 Å². The van der Waals surface area contributed by atoms with Crippen LogP contribution >= 0.6 is 23.4 Å². The fraction of sp³-hybridized carbons (Fsp3) is 0.233. The number of hydrogen-bond acceptors (Lipinski definition) is 6. The first-order valence-electron chi connectivity index (χ1n) is 12.5. The van der Waals surface area contributed by atoms with Crippen LogP contribution in [0.25, 0.3) is 6.08 Å². The second-order valence-electron chi connectivity index (χ2n) is 9.27. The first-order chi connectivity index (χ1) is 18.7. The molecule has 1 aliphatic heterocycles. The minimum absolute atomic E-state index is 0.150. The molecule has 0 unspecified atom stereocenters. The van der Waals surface area contributed by atoms with Crippen LogP contribution in [0.4, 0.5) is 10.5 Å². The lowest BCUT2D eigenvalue weighted by Crippen LogP contribution is -2.32. The molecule has 1 heterocycles. The van der Waals surface area contributed by atoms with Crippen molar-refractivity contribution in [3.05, 3.63) is 93.3 Å². The molecule has 4 rings (SSSR count). The highest BCUT2D eigenvalue weighted by molar-refractivity contribution is 8.18. The number of benzene rings is 3. The third kappa shape index (κ3) is 7.43. The average molecular weight is 565 g/mol. The number of hydrogen-bond donors (Lipinski definition) is 1. The minimum Gasteiger partial charge on any atom is -0.491 e. The lowest BCUT2D eigenvalue weighted by Gasteiger charge is -2.17. The number of imide groups is 1. The quantitative estimate of drug-likeness (QED) is 0.269. The summed E-state index contributed by atoms with van der Waals surface area (Å²) < 4.78 is 11.6. The van der Waals surface area contributed by atoms with E-state index in [1.54, 1.807) is 54.6 Å². The molecular formula is C30H29ClN2O5S. The Morgan fingerprint density at radius 2 is 1.85 bits per heavy atom. The lowest BCUT2D eigenvalue weighted by atomic mass is 10.0. The van der Waals surface area contributed by atoms with Crippen molar-refractivity contribution >= 4 is 52.2 Å². The van der Waals surface area contributed by atoms with Crippen LogP contribution in [-0.2, 0) is 9.59 Å². The van der Waals surface area contributed by atoms with Gasteiger partial charge in [-0.25, -0.2) is 0 Å². The number of nitrogens with one attached hydrogen (secondary N) is 1. The molecule has 0 radical (unpaired) electrons. The van der Waals surface area contributed by atoms with E-state index in [0.717, 1.165) is 28.6 Å². The highest BCUT2D eigenvalue weighted by Gasteiger charge is 2.34. The van der Waals surface area contributed by atoms with Crippen molar-refractivity contribution in [1.29, 1.82) is 0 Å². The van der Waals surface area contributed by atoms with Gasteiger partial charge in [-0.3, -0.25) is 19.3 Å². The topological polar surface area (TPSA) is 84.9 Å². The summed E-state index contributed by atoms with van der Waals surface area (Å²) in [6, 6.07) is 19.9. The van der Waals surface area contributed by atoms with Crippen molar-refractivity contribution in [3.63, 3.8) is 0 Å². The van der Waals surface area contributed by atoms with Gasteiger partial charge in [0.2, 0.25) is 0 Å². The van der Waals surface area contributed by atoms with Gasteiger partial charge in [0.15, 0.2) is 6.61 Å². The zero-order chi connectivity index (χ0) is 27.9. The first-order valence-corrected chi connectivity index (χ1v) is 13.7. The number of aryl methyl sites for hydroxylation is 1. The molecule has 3 amide bonds. The zero-order valence-corrected chi connectivity index (χ0v) is 23.5. The maximum atomic E-state index is 13.0. The predicted molar refractivity (Wildman–Crippen MR) is 155 cm³/mol. The summed E-state index contributed by atoms with van der Waals surface area (Å²) in [6.07, 6.45) is 1.64. The molecule has 1 N–H and O–H groups in total. The number of anilines is 1. The fourth-order valence-electron chi connectivity index (χ4n) is 3.93. The number of halogens is 1. The Morgan fingerprint density at radius 3 is 2.62 bits per heavy atom. The number of para-hydroxylation sites is 1. The van der Waals surface area contributed by atoms with E-state index in [0.29, 0.717) is 26.9 Å². The van der Waals surface area contributed by atoms with Crippen molar-refractivity contribution in [2.75, 3.05) is 25.1 Å². The highest BCUT2D eigenvalue weighted by atomic mass is 35.5. The van der Waals surface area contributed by atoms with Gasteiger partial charge in [-0.2, -0.15) is 0 Å². The summed E-state index contributed by atoms with van der Waals surface area (Å²) in [5, 5.41) is 2.79. The SMILES string of the molecule is Cc1ccc(C(C)C)c(OCCN2C(=O)S/C(=C\c3cccc(OCC(=O)Nc4ccccc4Cl)c3)C2=O)c1. The van der Waals surface area contributed by atoms with Gasteiger partial charge in [0, 0.05) is 0 Å². The van der Waals surface area contributed by atoms with Crippen LogP contribution in [0.1, 0.15) is 36.5 Å². The van der Waals surface area contributed by atoms with Gasteiger partial charge in [0.05, 0.1) is 22.2 Å². The largest absolute Gasteiger partial charge is 0.491 e. The molecule has 0 bridgehead atoms. The predicted octanol–water partition coefficient (Wildman–Crippen LogP) is 6.90. The number of thioether (sulfide) groups is 1. The van der Waals surface area contributed by atoms with Crippen LogP contribution in [0, 0.1) is 6.92 Å². The van der Waals surface area contributed by atoms with Gasteiger partial charge in [-0.1, -0.05) is 61.8 Å². The van der Waals surface area contributed by atoms with Crippen molar-refractivity contribution in [1.82, 2.24) is 4.90 Å². The highest BCUT2D eigenvalue weighted by Crippen LogP contribution is 2.33. The van der Waals surface area contributed by atoms with Gasteiger partial charge in [-0.05, 0) is 77.7 Å². The van der Waals surface area contributed by atoms with Gasteiger partial charge in [-0.15, -0.1) is 0 Å². The number of ether oxygens (including phenoxy) is 2. The van der Waals surface area contributed by atoms with Crippen molar-refractivity contribution < 1.29 is 23.9 Å². The van der Waals surface area contributed by atoms with Crippen LogP contribution < -0.4 is 14.8 Å². The number of rotatable bonds is 10. The Hall–Kier alpha value is -3.75. The Balaban J connectivity index is 1.34. The standard InChI is InChI=1S/C30H29ClN2O5S/c1-19(2)23-12-11-20(3)15-26(23)37-14-13-33-29(35)27(39-30(33)36)17-21-7-6-8-22(16-21)38-18-28(34)32-25-10-5-4-9-24(25)31/h4-12,15-17,19H,13-14,18H2,1-3H3,(H,32,34)/b27-17-. The van der Waals surface area contributed by atoms with Gasteiger partial charge in [0.25, 0.3) is 17.1 Å². The summed E-state index contributed by atoms with van der Waals surface area (Å²) >= 11 is 6.96. The maximum Gasteiger partial charge on any atom is 0.293 e. The van der Waals surface area contributed by atoms with E-state index in [4.69, 9.17) is 21.1 Å². The minimum atomic E-state index is -0.368. The van der Waals surface area contributed by atoms with Crippen LogP contribution in [0.3, 0.4) is 0 Å². The summed E-state index contributed by atoms with van der Waals surface area (Å²) in [7, 11) is 0. The molecule has 0 aromatic heterocycles.